The first-order valence-electron chi connectivity index (χ1n) is 6.18. The number of halogens is 1. The van der Waals surface area contributed by atoms with Gasteiger partial charge >= 0.3 is 0 Å². The second-order valence-electron chi connectivity index (χ2n) is 4.47. The van der Waals surface area contributed by atoms with Gasteiger partial charge in [-0.2, -0.15) is 0 Å². The van der Waals surface area contributed by atoms with E-state index < -0.39 is 0 Å². The number of methoxy groups -OCH3 is 1. The lowest BCUT2D eigenvalue weighted by Crippen LogP contribution is -2.20. The summed E-state index contributed by atoms with van der Waals surface area (Å²) in [7, 11) is 1.62. The van der Waals surface area contributed by atoms with Crippen molar-refractivity contribution in [1.29, 1.82) is 0 Å². The zero-order valence-corrected chi connectivity index (χ0v) is 11.6. The fourth-order valence-electron chi connectivity index (χ4n) is 2.16. The monoisotopic (exact) mass is 288 g/mol. The summed E-state index contributed by atoms with van der Waals surface area (Å²) in [6, 6.07) is 9.38. The lowest BCUT2D eigenvalue weighted by molar-refractivity contribution is 0.415. The summed E-state index contributed by atoms with van der Waals surface area (Å²) < 4.78 is 5.12. The highest BCUT2D eigenvalue weighted by Gasteiger charge is 2.14. The lowest BCUT2D eigenvalue weighted by atomic mass is 10.1. The highest BCUT2D eigenvalue weighted by atomic mass is 35.5. The summed E-state index contributed by atoms with van der Waals surface area (Å²) in [6.07, 6.45) is 3.48. The van der Waals surface area contributed by atoms with Gasteiger partial charge in [-0.15, -0.1) is 0 Å². The number of fused-ring (bicyclic) bond motifs is 1. The van der Waals surface area contributed by atoms with Gasteiger partial charge in [-0.1, -0.05) is 11.6 Å². The minimum absolute atomic E-state index is 0.138. The maximum Gasteiger partial charge on any atom is 0.257 e. The molecule has 1 aliphatic heterocycles. The van der Waals surface area contributed by atoms with Crippen LogP contribution in [0.4, 0.5) is 5.69 Å². The molecule has 0 aliphatic carbocycles. The van der Waals surface area contributed by atoms with Gasteiger partial charge in [0.05, 0.1) is 24.1 Å². The number of benzene rings is 1. The number of hydrogen-bond donors (Lipinski definition) is 2. The summed E-state index contributed by atoms with van der Waals surface area (Å²) in [4.78, 5) is 14.9. The van der Waals surface area contributed by atoms with E-state index in [4.69, 9.17) is 16.3 Å². The van der Waals surface area contributed by atoms with E-state index in [1.54, 1.807) is 19.3 Å². The molecule has 1 aliphatic rings. The Labute approximate surface area is 121 Å². The Balaban J connectivity index is 2.07. The van der Waals surface area contributed by atoms with Crippen molar-refractivity contribution in [1.82, 2.24) is 4.98 Å². The molecule has 0 bridgehead atoms. The minimum Gasteiger partial charge on any atom is -0.497 e. The van der Waals surface area contributed by atoms with E-state index in [9.17, 15) is 4.79 Å². The third-order valence-corrected chi connectivity index (χ3v) is 3.45. The van der Waals surface area contributed by atoms with Crippen LogP contribution in [0.2, 0.25) is 0 Å². The second kappa shape index (κ2) is 5.06. The van der Waals surface area contributed by atoms with E-state index in [1.807, 2.05) is 30.3 Å². The Morgan fingerprint density at radius 3 is 2.70 bits per heavy atom. The van der Waals surface area contributed by atoms with Gasteiger partial charge in [0.2, 0.25) is 0 Å². The zero-order valence-electron chi connectivity index (χ0n) is 10.8. The first kappa shape index (κ1) is 12.8. The first-order chi connectivity index (χ1) is 9.67. The Bertz CT molecular complexity index is 720. The van der Waals surface area contributed by atoms with Gasteiger partial charge in [0.15, 0.2) is 0 Å². The Morgan fingerprint density at radius 1 is 1.25 bits per heavy atom. The van der Waals surface area contributed by atoms with Gasteiger partial charge in [-0.3, -0.25) is 4.79 Å². The van der Waals surface area contributed by atoms with Gasteiger partial charge in [0.25, 0.3) is 5.56 Å². The van der Waals surface area contributed by atoms with Crippen LogP contribution < -0.4 is 15.6 Å². The molecule has 0 radical (unpaired) electrons. The predicted molar refractivity (Wildman–Crippen MR) is 81.3 cm³/mol. The summed E-state index contributed by atoms with van der Waals surface area (Å²) in [5, 5.41) is 3.07. The largest absolute Gasteiger partial charge is 0.497 e. The molecule has 0 saturated carbocycles. The molecule has 0 spiro atoms. The van der Waals surface area contributed by atoms with E-state index in [-0.39, 0.29) is 11.1 Å². The number of aromatic nitrogens is 1. The number of hydrogen-bond acceptors (Lipinski definition) is 3. The fraction of sp³-hybridized carbons (Fsp3) is 0.133. The van der Waals surface area contributed by atoms with Gasteiger partial charge in [0.1, 0.15) is 11.3 Å². The fourth-order valence-corrected chi connectivity index (χ4v) is 2.35. The topological polar surface area (TPSA) is 54.1 Å². The number of pyridine rings is 1. The van der Waals surface area contributed by atoms with Crippen LogP contribution in [-0.2, 0) is 0 Å². The number of anilines is 1. The van der Waals surface area contributed by atoms with Crippen molar-refractivity contribution >= 4 is 23.4 Å². The Hall–Kier alpha value is -2.20. The van der Waals surface area contributed by atoms with Crippen LogP contribution in [-0.4, -0.2) is 17.6 Å². The molecule has 5 heteroatoms. The van der Waals surface area contributed by atoms with E-state index in [0.717, 1.165) is 22.7 Å². The molecule has 0 amide bonds. The molecule has 0 fully saturated rings. The van der Waals surface area contributed by atoms with E-state index >= 15 is 0 Å². The molecule has 4 nitrogen and oxygen atoms in total. The average molecular weight is 289 g/mol. The summed E-state index contributed by atoms with van der Waals surface area (Å²) in [5.74, 6) is 0.774. The normalized spacial score (nSPS) is 16.4. The minimum atomic E-state index is -0.298. The number of nitrogens with one attached hydrogen (secondary N) is 2. The van der Waals surface area contributed by atoms with Crippen molar-refractivity contribution in [2.24, 2.45) is 0 Å². The molecular formula is C15H13ClN2O2. The number of rotatable bonds is 2. The molecule has 1 atom stereocenters. The van der Waals surface area contributed by atoms with Crippen LogP contribution >= 0.6 is 11.6 Å². The Morgan fingerprint density at radius 2 is 2.00 bits per heavy atom. The zero-order chi connectivity index (χ0) is 14.1. The molecule has 2 aromatic rings. The van der Waals surface area contributed by atoms with Crippen LogP contribution in [0.1, 0.15) is 5.56 Å². The molecule has 2 N–H and O–H groups in total. The number of alkyl halides is 1. The molecule has 1 aromatic heterocycles. The summed E-state index contributed by atoms with van der Waals surface area (Å²) in [6.45, 7) is 0. The molecule has 20 heavy (non-hydrogen) atoms. The summed E-state index contributed by atoms with van der Waals surface area (Å²) >= 11 is 6.01. The highest BCUT2D eigenvalue weighted by molar-refractivity contribution is 6.23. The molecule has 1 unspecified atom stereocenters. The van der Waals surface area contributed by atoms with Crippen LogP contribution in [0.25, 0.3) is 17.3 Å². The van der Waals surface area contributed by atoms with Crippen molar-refractivity contribution in [3.05, 3.63) is 52.3 Å². The standard InChI is InChI=1S/C15H13ClN2O2/c1-20-10-4-2-9(3-5-10)12-8-13-11(15(19)18-12)6-7-14(16)17-13/h2-8,14,17H,1H3,(H,18,19). The second-order valence-corrected chi connectivity index (χ2v) is 4.94. The molecule has 0 saturated heterocycles. The van der Waals surface area contributed by atoms with Gasteiger partial charge in [-0.05, 0) is 48.0 Å². The average Bonchev–Trinajstić information content (AvgIpc) is 2.46. The Kier molecular flexibility index (Phi) is 3.24. The molecule has 2 heterocycles. The first-order valence-corrected chi connectivity index (χ1v) is 6.61. The van der Waals surface area contributed by atoms with Crippen LogP contribution in [0, 0.1) is 0 Å². The van der Waals surface area contributed by atoms with E-state index in [1.165, 1.54) is 0 Å². The number of ether oxygens (including phenoxy) is 1. The van der Waals surface area contributed by atoms with Crippen molar-refractivity contribution in [3.63, 3.8) is 0 Å². The third-order valence-electron chi connectivity index (χ3n) is 3.20. The number of aromatic amines is 1. The maximum absolute atomic E-state index is 12.1. The molecule has 102 valence electrons. The number of H-pyrrole nitrogens is 1. The van der Waals surface area contributed by atoms with Gasteiger partial charge in [-0.25, -0.2) is 0 Å². The van der Waals surface area contributed by atoms with Gasteiger partial charge < -0.3 is 15.0 Å². The smallest absolute Gasteiger partial charge is 0.257 e. The van der Waals surface area contributed by atoms with Crippen molar-refractivity contribution in [3.8, 4) is 17.0 Å². The van der Waals surface area contributed by atoms with E-state index in [0.29, 0.717) is 5.56 Å². The highest BCUT2D eigenvalue weighted by Crippen LogP contribution is 2.27. The quantitative estimate of drug-likeness (QED) is 0.660. The predicted octanol–water partition coefficient (Wildman–Crippen LogP) is 3.05. The maximum atomic E-state index is 12.1. The van der Waals surface area contributed by atoms with Gasteiger partial charge in [0, 0.05) is 0 Å². The molecule has 3 rings (SSSR count). The van der Waals surface area contributed by atoms with E-state index in [2.05, 4.69) is 10.3 Å². The van der Waals surface area contributed by atoms with Crippen molar-refractivity contribution < 1.29 is 4.74 Å². The van der Waals surface area contributed by atoms with Crippen LogP contribution in [0.15, 0.2) is 41.2 Å². The van der Waals surface area contributed by atoms with Crippen LogP contribution in [0.3, 0.4) is 0 Å². The summed E-state index contributed by atoms with van der Waals surface area (Å²) in [5.41, 5.74) is 2.55. The SMILES string of the molecule is COc1ccc(-c2cc3c(c(=O)[nH]2)C=CC(Cl)N3)cc1. The molecular weight excluding hydrogens is 276 g/mol. The van der Waals surface area contributed by atoms with Crippen molar-refractivity contribution in [2.75, 3.05) is 12.4 Å². The van der Waals surface area contributed by atoms with Crippen LogP contribution in [0.5, 0.6) is 5.75 Å². The van der Waals surface area contributed by atoms with Crippen molar-refractivity contribution in [2.45, 2.75) is 5.50 Å². The third kappa shape index (κ3) is 2.30. The lowest BCUT2D eigenvalue weighted by Gasteiger charge is -2.17. The molecule has 1 aromatic carbocycles.